The number of carbonyl (C=O) groups is 2. The van der Waals surface area contributed by atoms with E-state index in [1.54, 1.807) is 6.07 Å². The lowest BCUT2D eigenvalue weighted by Crippen LogP contribution is -2.82. The van der Waals surface area contributed by atoms with Crippen molar-refractivity contribution in [3.05, 3.63) is 23.3 Å². The highest BCUT2D eigenvalue weighted by atomic mass is 16.5. The van der Waals surface area contributed by atoms with Gasteiger partial charge in [-0.2, -0.15) is 0 Å². The fourth-order valence-electron chi connectivity index (χ4n) is 7.47. The molecule has 6 rings (SSSR count). The Morgan fingerprint density at radius 2 is 2.00 bits per heavy atom. The minimum Gasteiger partial charge on any atom is -0.504 e. The quantitative estimate of drug-likeness (QED) is 0.493. The Kier molecular flexibility index (Phi) is 4.72. The molecular weight excluding hydrogens is 424 g/mol. The van der Waals surface area contributed by atoms with Crippen molar-refractivity contribution in [2.75, 3.05) is 13.1 Å². The maximum Gasteiger partial charge on any atom is 0.303 e. The van der Waals surface area contributed by atoms with Gasteiger partial charge in [-0.15, -0.1) is 0 Å². The summed E-state index contributed by atoms with van der Waals surface area (Å²) >= 11 is 0. The van der Waals surface area contributed by atoms with Gasteiger partial charge in [-0.3, -0.25) is 14.5 Å². The van der Waals surface area contributed by atoms with Crippen LogP contribution in [0.5, 0.6) is 11.5 Å². The third-order valence-electron chi connectivity index (χ3n) is 8.94. The fraction of sp³-hybridized carbons (Fsp3) is 0.680. The molecular formula is C25H32N2O6. The van der Waals surface area contributed by atoms with E-state index in [-0.39, 0.29) is 30.5 Å². The van der Waals surface area contributed by atoms with Gasteiger partial charge in [-0.1, -0.05) is 6.07 Å². The van der Waals surface area contributed by atoms with Gasteiger partial charge in [0, 0.05) is 31.0 Å². The highest BCUT2D eigenvalue weighted by Gasteiger charge is 2.73. The lowest BCUT2D eigenvalue weighted by Gasteiger charge is -2.66. The first-order valence-corrected chi connectivity index (χ1v) is 12.3. The number of amides is 1. The van der Waals surface area contributed by atoms with Crippen LogP contribution in [0.1, 0.15) is 62.5 Å². The van der Waals surface area contributed by atoms with Crippen molar-refractivity contribution in [3.63, 3.8) is 0 Å². The van der Waals surface area contributed by atoms with E-state index in [1.807, 2.05) is 6.07 Å². The van der Waals surface area contributed by atoms with Crippen LogP contribution in [0.4, 0.5) is 0 Å². The standard InChI is InChI=1S/C25H32N2O6/c28-16-7-6-15-12-18-25(26-19(30)2-1-3-20(31)32)9-8-17(29)23-24(25,21(15)22(16)33-23)10-11-27(18)13-14-4-5-14/h6-7,14,17-18,23,28-29H,1-5,8-13H2,(H,26,30)(H,31,32)/t17-,18-,23?,24+,25-/m1/s1. The predicted octanol–water partition coefficient (Wildman–Crippen LogP) is 1.70. The van der Waals surface area contributed by atoms with E-state index >= 15 is 0 Å². The van der Waals surface area contributed by atoms with Gasteiger partial charge in [-0.05, 0) is 69.0 Å². The van der Waals surface area contributed by atoms with Crippen LogP contribution >= 0.6 is 0 Å². The number of hydrogen-bond donors (Lipinski definition) is 4. The minimum atomic E-state index is -0.899. The molecule has 1 aromatic rings. The molecule has 5 atom stereocenters. The van der Waals surface area contributed by atoms with Crippen molar-refractivity contribution in [3.8, 4) is 11.5 Å². The number of aliphatic hydroxyl groups excluding tert-OH is 1. The monoisotopic (exact) mass is 456 g/mol. The third kappa shape index (κ3) is 2.96. The molecule has 1 amide bonds. The molecule has 1 aromatic carbocycles. The lowest BCUT2D eigenvalue weighted by atomic mass is 9.47. The molecule has 2 saturated carbocycles. The van der Waals surface area contributed by atoms with Gasteiger partial charge < -0.3 is 25.4 Å². The number of nitrogens with one attached hydrogen (secondary N) is 1. The van der Waals surface area contributed by atoms with Crippen LogP contribution < -0.4 is 10.1 Å². The summed E-state index contributed by atoms with van der Waals surface area (Å²) in [6, 6.07) is 3.75. The summed E-state index contributed by atoms with van der Waals surface area (Å²) in [5.41, 5.74) is 0.899. The second-order valence-electron chi connectivity index (χ2n) is 10.7. The van der Waals surface area contributed by atoms with E-state index in [2.05, 4.69) is 10.2 Å². The summed E-state index contributed by atoms with van der Waals surface area (Å²) in [7, 11) is 0. The molecule has 2 bridgehead atoms. The van der Waals surface area contributed by atoms with Gasteiger partial charge in [0.25, 0.3) is 0 Å². The van der Waals surface area contributed by atoms with Crippen molar-refractivity contribution in [2.24, 2.45) is 5.92 Å². The zero-order chi connectivity index (χ0) is 23.0. The number of likely N-dealkylation sites (tertiary alicyclic amines) is 1. The summed E-state index contributed by atoms with van der Waals surface area (Å²) in [5, 5.41) is 34.1. The number of phenolic OH excluding ortho intramolecular Hbond substituents is 1. The minimum absolute atomic E-state index is 0.0336. The summed E-state index contributed by atoms with van der Waals surface area (Å²) in [6.45, 7) is 1.89. The molecule has 0 radical (unpaired) electrons. The van der Waals surface area contributed by atoms with Crippen molar-refractivity contribution in [1.29, 1.82) is 0 Å². The molecule has 3 aliphatic carbocycles. The molecule has 1 unspecified atom stereocenters. The summed E-state index contributed by atoms with van der Waals surface area (Å²) < 4.78 is 6.32. The van der Waals surface area contributed by atoms with Crippen LogP contribution in [0.25, 0.3) is 0 Å². The average Bonchev–Trinajstić information content (AvgIpc) is 3.50. The second kappa shape index (κ2) is 7.34. The molecule has 2 aliphatic heterocycles. The SMILES string of the molecule is O=C(O)CCCC(=O)N[C@@]12CC[C@@H](O)C3Oc4c(O)ccc5c4[C@@]31CCN(CC1CC1)[C@@H]2C5. The average molecular weight is 457 g/mol. The van der Waals surface area contributed by atoms with Crippen LogP contribution in [0.15, 0.2) is 12.1 Å². The Morgan fingerprint density at radius 1 is 1.18 bits per heavy atom. The molecule has 1 spiro atoms. The summed E-state index contributed by atoms with van der Waals surface area (Å²) in [5.74, 6) is 0.233. The van der Waals surface area contributed by atoms with Gasteiger partial charge in [0.05, 0.1) is 17.1 Å². The van der Waals surface area contributed by atoms with Gasteiger partial charge >= 0.3 is 5.97 Å². The van der Waals surface area contributed by atoms with Crippen LogP contribution in [-0.2, 0) is 21.4 Å². The Labute approximate surface area is 192 Å². The van der Waals surface area contributed by atoms with E-state index in [1.165, 1.54) is 12.8 Å². The summed E-state index contributed by atoms with van der Waals surface area (Å²) in [6.07, 6.45) is 4.40. The third-order valence-corrected chi connectivity index (χ3v) is 8.94. The molecule has 4 N–H and O–H groups in total. The molecule has 8 heteroatoms. The first-order valence-electron chi connectivity index (χ1n) is 12.3. The number of ether oxygens (including phenoxy) is 1. The smallest absolute Gasteiger partial charge is 0.303 e. The number of aliphatic carboxylic acids is 1. The van der Waals surface area contributed by atoms with Crippen molar-refractivity contribution >= 4 is 11.9 Å². The number of carboxylic acids is 1. The van der Waals surface area contributed by atoms with Gasteiger partial charge in [0.2, 0.25) is 5.91 Å². The number of nitrogens with zero attached hydrogens (tertiary/aromatic N) is 1. The maximum atomic E-state index is 13.2. The molecule has 2 heterocycles. The first kappa shape index (κ1) is 21.2. The number of carboxylic acid groups (broad SMARTS) is 1. The lowest BCUT2D eigenvalue weighted by molar-refractivity contribution is -0.148. The van der Waals surface area contributed by atoms with Crippen LogP contribution in [0.2, 0.25) is 0 Å². The molecule has 5 aliphatic rings. The van der Waals surface area contributed by atoms with Gasteiger partial charge in [-0.25, -0.2) is 0 Å². The maximum absolute atomic E-state index is 13.2. The zero-order valence-electron chi connectivity index (χ0n) is 18.8. The molecule has 0 aromatic heterocycles. The van der Waals surface area contributed by atoms with Crippen LogP contribution in [0.3, 0.4) is 0 Å². The van der Waals surface area contributed by atoms with Crippen LogP contribution in [0, 0.1) is 5.92 Å². The largest absolute Gasteiger partial charge is 0.504 e. The van der Waals surface area contributed by atoms with Crippen LogP contribution in [-0.4, -0.2) is 69.0 Å². The van der Waals surface area contributed by atoms with E-state index in [4.69, 9.17) is 9.84 Å². The molecule has 8 nitrogen and oxygen atoms in total. The molecule has 1 saturated heterocycles. The number of carbonyl (C=O) groups excluding carboxylic acids is 1. The fourth-order valence-corrected chi connectivity index (χ4v) is 7.47. The zero-order valence-corrected chi connectivity index (χ0v) is 18.8. The Hall–Kier alpha value is -2.32. The number of piperidine rings is 1. The van der Waals surface area contributed by atoms with E-state index in [0.717, 1.165) is 37.1 Å². The molecule has 33 heavy (non-hydrogen) atoms. The normalized spacial score (nSPS) is 36.1. The molecule has 178 valence electrons. The Bertz CT molecular complexity index is 1010. The van der Waals surface area contributed by atoms with E-state index in [0.29, 0.717) is 30.9 Å². The number of rotatable bonds is 7. The number of hydrogen-bond acceptors (Lipinski definition) is 6. The van der Waals surface area contributed by atoms with Gasteiger partial charge in [0.1, 0.15) is 6.10 Å². The summed E-state index contributed by atoms with van der Waals surface area (Å²) in [4.78, 5) is 26.7. The van der Waals surface area contributed by atoms with Crippen molar-refractivity contribution in [2.45, 2.75) is 87.0 Å². The Balaban J connectivity index is 1.45. The first-order chi connectivity index (χ1) is 15.9. The number of benzene rings is 1. The topological polar surface area (TPSA) is 119 Å². The number of phenols is 1. The Morgan fingerprint density at radius 3 is 2.76 bits per heavy atom. The highest BCUT2D eigenvalue weighted by Crippen LogP contribution is 2.65. The van der Waals surface area contributed by atoms with E-state index in [9.17, 15) is 19.8 Å². The predicted molar refractivity (Wildman–Crippen MR) is 118 cm³/mol. The van der Waals surface area contributed by atoms with Gasteiger partial charge in [0.15, 0.2) is 11.5 Å². The molecule has 3 fully saturated rings. The number of aromatic hydroxyl groups is 1. The van der Waals surface area contributed by atoms with Crippen molar-refractivity contribution in [1.82, 2.24) is 10.2 Å². The second-order valence-corrected chi connectivity index (χ2v) is 10.7. The van der Waals surface area contributed by atoms with E-state index < -0.39 is 29.1 Å². The highest BCUT2D eigenvalue weighted by molar-refractivity contribution is 5.79. The number of aliphatic hydroxyl groups is 1. The van der Waals surface area contributed by atoms with Crippen molar-refractivity contribution < 1.29 is 29.6 Å².